The van der Waals surface area contributed by atoms with E-state index in [4.69, 9.17) is 4.74 Å². The standard InChI is InChI=1S/C28H30N2O3S/c1-33-24-11-8-22(9-12-24)10-16-27(31)29-18-5-19-30(21-20-29)28(32)17-14-25-13-15-26(34-25)23-6-3-2-4-7-23/h2-4,6-9,11-15,17H,5,10,16,18-21H2,1H3. The quantitative estimate of drug-likeness (QED) is 0.446. The van der Waals surface area contributed by atoms with Crippen molar-refractivity contribution in [3.05, 3.63) is 83.2 Å². The van der Waals surface area contributed by atoms with Crippen LogP contribution in [0.1, 0.15) is 23.3 Å². The van der Waals surface area contributed by atoms with Crippen LogP contribution in [-0.2, 0) is 16.0 Å². The molecule has 0 aliphatic carbocycles. The number of aryl methyl sites for hydroxylation is 1. The molecule has 0 radical (unpaired) electrons. The van der Waals surface area contributed by atoms with Gasteiger partial charge in [-0.15, -0.1) is 11.3 Å². The van der Waals surface area contributed by atoms with Crippen molar-refractivity contribution in [2.24, 2.45) is 0 Å². The van der Waals surface area contributed by atoms with Gasteiger partial charge in [-0.25, -0.2) is 0 Å². The van der Waals surface area contributed by atoms with Crippen LogP contribution in [0.25, 0.3) is 16.5 Å². The maximum Gasteiger partial charge on any atom is 0.246 e. The Hall–Kier alpha value is -3.38. The summed E-state index contributed by atoms with van der Waals surface area (Å²) in [6.07, 6.45) is 5.52. The second kappa shape index (κ2) is 11.7. The van der Waals surface area contributed by atoms with Gasteiger partial charge >= 0.3 is 0 Å². The molecule has 4 rings (SSSR count). The van der Waals surface area contributed by atoms with Crippen molar-refractivity contribution < 1.29 is 14.3 Å². The number of methoxy groups -OCH3 is 1. The zero-order chi connectivity index (χ0) is 23.8. The van der Waals surface area contributed by atoms with Crippen molar-refractivity contribution in [1.82, 2.24) is 9.80 Å². The summed E-state index contributed by atoms with van der Waals surface area (Å²) in [5.74, 6) is 0.965. The summed E-state index contributed by atoms with van der Waals surface area (Å²) in [5, 5.41) is 0. The van der Waals surface area contributed by atoms with Gasteiger partial charge < -0.3 is 14.5 Å². The number of thiophene rings is 1. The van der Waals surface area contributed by atoms with E-state index in [9.17, 15) is 9.59 Å². The van der Waals surface area contributed by atoms with Crippen molar-refractivity contribution >= 4 is 29.2 Å². The summed E-state index contributed by atoms with van der Waals surface area (Å²) in [7, 11) is 1.64. The van der Waals surface area contributed by atoms with Crippen LogP contribution in [0.2, 0.25) is 0 Å². The molecule has 2 aromatic carbocycles. The van der Waals surface area contributed by atoms with Crippen molar-refractivity contribution in [3.63, 3.8) is 0 Å². The number of hydrogen-bond donors (Lipinski definition) is 0. The molecule has 176 valence electrons. The second-order valence-electron chi connectivity index (χ2n) is 8.31. The minimum Gasteiger partial charge on any atom is -0.497 e. The average Bonchev–Trinajstić information content (AvgIpc) is 3.22. The fourth-order valence-corrected chi connectivity index (χ4v) is 4.96. The molecule has 2 amide bonds. The van der Waals surface area contributed by atoms with E-state index in [1.54, 1.807) is 24.5 Å². The summed E-state index contributed by atoms with van der Waals surface area (Å²) in [6.45, 7) is 2.51. The lowest BCUT2D eigenvalue weighted by Crippen LogP contribution is -2.36. The van der Waals surface area contributed by atoms with Crippen LogP contribution in [0.15, 0.2) is 72.8 Å². The number of hydrogen-bond acceptors (Lipinski definition) is 4. The Morgan fingerprint density at radius 3 is 2.41 bits per heavy atom. The van der Waals surface area contributed by atoms with Gasteiger partial charge in [-0.2, -0.15) is 0 Å². The zero-order valence-corrected chi connectivity index (χ0v) is 20.3. The zero-order valence-electron chi connectivity index (χ0n) is 19.5. The maximum absolute atomic E-state index is 12.8. The lowest BCUT2D eigenvalue weighted by molar-refractivity contribution is -0.132. The fraction of sp³-hybridized carbons (Fsp3) is 0.286. The summed E-state index contributed by atoms with van der Waals surface area (Å²) in [6, 6.07) is 22.2. The Kier molecular flexibility index (Phi) is 8.15. The van der Waals surface area contributed by atoms with Gasteiger partial charge in [-0.05, 0) is 54.3 Å². The fourth-order valence-electron chi connectivity index (χ4n) is 4.05. The van der Waals surface area contributed by atoms with Gasteiger partial charge in [0.05, 0.1) is 7.11 Å². The molecule has 0 saturated carbocycles. The molecule has 0 N–H and O–H groups in total. The minimum atomic E-state index is 0.00203. The van der Waals surface area contributed by atoms with Gasteiger partial charge in [0.1, 0.15) is 5.75 Å². The third-order valence-electron chi connectivity index (χ3n) is 6.02. The van der Waals surface area contributed by atoms with Crippen molar-refractivity contribution in [3.8, 4) is 16.2 Å². The molecule has 1 saturated heterocycles. The van der Waals surface area contributed by atoms with Crippen LogP contribution in [0.3, 0.4) is 0 Å². The second-order valence-corrected chi connectivity index (χ2v) is 9.42. The number of rotatable bonds is 7. The summed E-state index contributed by atoms with van der Waals surface area (Å²) < 4.78 is 5.18. The van der Waals surface area contributed by atoms with Gasteiger partial charge in [-0.3, -0.25) is 9.59 Å². The van der Waals surface area contributed by atoms with Gasteiger partial charge in [0.25, 0.3) is 0 Å². The summed E-state index contributed by atoms with van der Waals surface area (Å²) in [4.78, 5) is 31.5. The predicted octanol–water partition coefficient (Wildman–Crippen LogP) is 5.13. The first-order valence-electron chi connectivity index (χ1n) is 11.7. The van der Waals surface area contributed by atoms with Crippen LogP contribution < -0.4 is 4.74 Å². The number of carbonyl (C=O) groups excluding carboxylic acids is 2. The first-order chi connectivity index (χ1) is 16.6. The summed E-state index contributed by atoms with van der Waals surface area (Å²) >= 11 is 1.67. The highest BCUT2D eigenvalue weighted by Gasteiger charge is 2.20. The molecular formula is C28H30N2O3S. The Labute approximate surface area is 205 Å². The molecular weight excluding hydrogens is 444 g/mol. The molecule has 0 atom stereocenters. The third-order valence-corrected chi connectivity index (χ3v) is 7.12. The average molecular weight is 475 g/mol. The lowest BCUT2D eigenvalue weighted by atomic mass is 10.1. The maximum atomic E-state index is 12.8. The molecule has 0 bridgehead atoms. The van der Waals surface area contributed by atoms with E-state index >= 15 is 0 Å². The predicted molar refractivity (Wildman–Crippen MR) is 138 cm³/mol. The minimum absolute atomic E-state index is 0.00203. The highest BCUT2D eigenvalue weighted by Crippen LogP contribution is 2.28. The molecule has 1 fully saturated rings. The molecule has 1 aliphatic heterocycles. The van der Waals surface area contributed by atoms with E-state index in [1.165, 1.54) is 10.4 Å². The number of nitrogens with zero attached hydrogens (tertiary/aromatic N) is 2. The van der Waals surface area contributed by atoms with E-state index in [0.29, 0.717) is 39.0 Å². The van der Waals surface area contributed by atoms with Gasteiger partial charge in [0.2, 0.25) is 11.8 Å². The van der Waals surface area contributed by atoms with Gasteiger partial charge in [0, 0.05) is 48.4 Å². The molecule has 1 aliphatic rings. The van der Waals surface area contributed by atoms with Crippen molar-refractivity contribution in [2.75, 3.05) is 33.3 Å². The lowest BCUT2D eigenvalue weighted by Gasteiger charge is -2.21. The number of benzene rings is 2. The van der Waals surface area contributed by atoms with Crippen LogP contribution >= 0.6 is 11.3 Å². The number of ether oxygens (including phenoxy) is 1. The van der Waals surface area contributed by atoms with Crippen LogP contribution in [0.4, 0.5) is 0 Å². The Morgan fingerprint density at radius 1 is 0.912 bits per heavy atom. The summed E-state index contributed by atoms with van der Waals surface area (Å²) in [5.41, 5.74) is 2.30. The first-order valence-corrected chi connectivity index (χ1v) is 12.5. The van der Waals surface area contributed by atoms with Crippen molar-refractivity contribution in [1.29, 1.82) is 0 Å². The first kappa shape index (κ1) is 23.8. The Balaban J connectivity index is 1.26. The normalized spacial score (nSPS) is 14.3. The molecule has 0 spiro atoms. The van der Waals surface area contributed by atoms with Crippen LogP contribution in [0, 0.1) is 0 Å². The third kappa shape index (κ3) is 6.35. The van der Waals surface area contributed by atoms with Crippen LogP contribution in [0.5, 0.6) is 5.75 Å². The SMILES string of the molecule is COc1ccc(CCC(=O)N2CCCN(C(=O)C=Cc3ccc(-c4ccccc4)s3)CC2)cc1. The molecule has 3 aromatic rings. The molecule has 0 unspecified atom stereocenters. The van der Waals surface area contributed by atoms with E-state index in [0.717, 1.165) is 22.6 Å². The highest BCUT2D eigenvalue weighted by molar-refractivity contribution is 7.16. The monoisotopic (exact) mass is 474 g/mol. The Morgan fingerprint density at radius 2 is 1.65 bits per heavy atom. The van der Waals surface area contributed by atoms with Crippen molar-refractivity contribution in [2.45, 2.75) is 19.3 Å². The van der Waals surface area contributed by atoms with E-state index in [2.05, 4.69) is 18.2 Å². The Bertz CT molecular complexity index is 1120. The van der Waals surface area contributed by atoms with E-state index in [1.807, 2.05) is 64.4 Å². The van der Waals surface area contributed by atoms with E-state index < -0.39 is 0 Å². The largest absolute Gasteiger partial charge is 0.497 e. The molecule has 6 heteroatoms. The number of carbonyl (C=O) groups is 2. The van der Waals surface area contributed by atoms with Gasteiger partial charge in [-0.1, -0.05) is 42.5 Å². The number of amides is 2. The van der Waals surface area contributed by atoms with E-state index in [-0.39, 0.29) is 11.8 Å². The molecule has 34 heavy (non-hydrogen) atoms. The smallest absolute Gasteiger partial charge is 0.246 e. The molecule has 5 nitrogen and oxygen atoms in total. The van der Waals surface area contributed by atoms with Crippen LogP contribution in [-0.4, -0.2) is 54.9 Å². The molecule has 1 aromatic heterocycles. The van der Waals surface area contributed by atoms with Gasteiger partial charge in [0.15, 0.2) is 0 Å². The molecule has 2 heterocycles. The topological polar surface area (TPSA) is 49.9 Å². The highest BCUT2D eigenvalue weighted by atomic mass is 32.1.